The van der Waals surface area contributed by atoms with E-state index in [4.69, 9.17) is 9.05 Å². The molecular weight excluding hydrogens is 372 g/mol. The molecular formula is C16H18N6O4S. The van der Waals surface area contributed by atoms with Crippen molar-refractivity contribution in [3.63, 3.8) is 0 Å². The van der Waals surface area contributed by atoms with Crippen molar-refractivity contribution in [1.29, 1.82) is 0 Å². The first-order valence-corrected chi connectivity index (χ1v) is 10.0. The number of aromatic nitrogens is 4. The van der Waals surface area contributed by atoms with E-state index in [2.05, 4.69) is 20.3 Å². The van der Waals surface area contributed by atoms with Gasteiger partial charge in [0.25, 0.3) is 5.89 Å². The van der Waals surface area contributed by atoms with Crippen molar-refractivity contribution in [2.75, 3.05) is 31.1 Å². The molecule has 10 nitrogen and oxygen atoms in total. The van der Waals surface area contributed by atoms with Gasteiger partial charge in [-0.1, -0.05) is 10.3 Å². The van der Waals surface area contributed by atoms with Crippen LogP contribution in [-0.2, 0) is 15.8 Å². The Morgan fingerprint density at radius 1 is 1.15 bits per heavy atom. The summed E-state index contributed by atoms with van der Waals surface area (Å²) in [7, 11) is -3.43. The quantitative estimate of drug-likeness (QED) is 0.630. The molecule has 11 heteroatoms. The summed E-state index contributed by atoms with van der Waals surface area (Å²) in [6.45, 7) is 3.60. The molecule has 0 atom stereocenters. The first-order chi connectivity index (χ1) is 13.0. The molecule has 1 fully saturated rings. The van der Waals surface area contributed by atoms with Crippen LogP contribution >= 0.6 is 0 Å². The van der Waals surface area contributed by atoms with Crippen LogP contribution in [0.25, 0.3) is 11.5 Å². The maximum absolute atomic E-state index is 12.5. The monoisotopic (exact) mass is 390 g/mol. The largest absolute Gasteiger partial charge is 0.364 e. The minimum absolute atomic E-state index is 0.159. The molecule has 0 N–H and O–H groups in total. The molecule has 1 aliphatic rings. The van der Waals surface area contributed by atoms with Crippen molar-refractivity contribution in [1.82, 2.24) is 24.6 Å². The summed E-state index contributed by atoms with van der Waals surface area (Å²) in [6.07, 6.45) is 3.05. The predicted octanol–water partition coefficient (Wildman–Crippen LogP) is 1.08. The molecule has 0 saturated carbocycles. The maximum atomic E-state index is 12.5. The lowest BCUT2D eigenvalue weighted by molar-refractivity contribution is 0.380. The van der Waals surface area contributed by atoms with Gasteiger partial charge in [-0.2, -0.15) is 9.29 Å². The van der Waals surface area contributed by atoms with Crippen molar-refractivity contribution in [2.45, 2.75) is 12.7 Å². The standard InChI is InChI=1S/C16H18N6O4S/c1-12-18-16(26-19-12)13-2-4-17-15(10-13)21-5-7-22(8-6-21)27(23,24)11-14-3-9-25-20-14/h2-4,9-10H,5-8,11H2,1H3. The van der Waals surface area contributed by atoms with Crippen LogP contribution in [0.2, 0.25) is 0 Å². The zero-order valence-corrected chi connectivity index (χ0v) is 15.5. The van der Waals surface area contributed by atoms with Crippen LogP contribution in [0, 0.1) is 6.92 Å². The number of anilines is 1. The van der Waals surface area contributed by atoms with Crippen molar-refractivity contribution >= 4 is 15.8 Å². The summed E-state index contributed by atoms with van der Waals surface area (Å²) in [5, 5.41) is 7.48. The molecule has 3 aromatic heterocycles. The molecule has 1 aliphatic heterocycles. The number of nitrogens with zero attached hydrogens (tertiary/aromatic N) is 6. The van der Waals surface area contributed by atoms with E-state index in [0.717, 1.165) is 11.4 Å². The van der Waals surface area contributed by atoms with Crippen LogP contribution < -0.4 is 4.90 Å². The van der Waals surface area contributed by atoms with Crippen molar-refractivity contribution in [2.24, 2.45) is 0 Å². The Hall–Kier alpha value is -2.79. The van der Waals surface area contributed by atoms with Crippen LogP contribution in [0.1, 0.15) is 11.5 Å². The minimum Gasteiger partial charge on any atom is -0.364 e. The lowest BCUT2D eigenvalue weighted by Crippen LogP contribution is -2.49. The number of rotatable bonds is 5. The second-order valence-electron chi connectivity index (χ2n) is 6.18. The predicted molar refractivity (Wildman–Crippen MR) is 95.2 cm³/mol. The second-order valence-corrected chi connectivity index (χ2v) is 8.15. The number of sulfonamides is 1. The average molecular weight is 390 g/mol. The van der Waals surface area contributed by atoms with E-state index >= 15 is 0 Å². The summed E-state index contributed by atoms with van der Waals surface area (Å²) in [6, 6.07) is 5.23. The summed E-state index contributed by atoms with van der Waals surface area (Å²) < 4.78 is 36.4. The van der Waals surface area contributed by atoms with Crippen LogP contribution in [0.15, 0.2) is 39.7 Å². The lowest BCUT2D eigenvalue weighted by atomic mass is 10.2. The van der Waals surface area contributed by atoms with Gasteiger partial charge in [0.05, 0.1) is 5.69 Å². The average Bonchev–Trinajstić information content (AvgIpc) is 3.33. The van der Waals surface area contributed by atoms with Crippen LogP contribution in [-0.4, -0.2) is 59.2 Å². The Balaban J connectivity index is 1.43. The molecule has 0 spiro atoms. The zero-order chi connectivity index (χ0) is 18.9. The highest BCUT2D eigenvalue weighted by atomic mass is 32.2. The van der Waals surface area contributed by atoms with Crippen LogP contribution in [0.4, 0.5) is 5.82 Å². The van der Waals surface area contributed by atoms with Gasteiger partial charge >= 0.3 is 0 Å². The Morgan fingerprint density at radius 2 is 1.96 bits per heavy atom. The van der Waals surface area contributed by atoms with Gasteiger partial charge in [0, 0.05) is 44.0 Å². The fourth-order valence-corrected chi connectivity index (χ4v) is 4.35. The molecule has 0 unspecified atom stereocenters. The van der Waals surface area contributed by atoms with Crippen molar-refractivity contribution < 1.29 is 17.5 Å². The highest BCUT2D eigenvalue weighted by Crippen LogP contribution is 2.23. The third-order valence-electron chi connectivity index (χ3n) is 4.30. The SMILES string of the molecule is Cc1noc(-c2ccnc(N3CCN(S(=O)(=O)Cc4ccon4)CC3)c2)n1. The molecule has 27 heavy (non-hydrogen) atoms. The fraction of sp³-hybridized carbons (Fsp3) is 0.375. The van der Waals surface area contributed by atoms with E-state index < -0.39 is 10.0 Å². The van der Waals surface area contributed by atoms with E-state index in [1.165, 1.54) is 10.6 Å². The van der Waals surface area contributed by atoms with E-state index in [9.17, 15) is 8.42 Å². The Labute approximate surface area is 155 Å². The Kier molecular flexibility index (Phi) is 4.62. The van der Waals surface area contributed by atoms with Crippen LogP contribution in [0.5, 0.6) is 0 Å². The topological polar surface area (TPSA) is 118 Å². The van der Waals surface area contributed by atoms with Gasteiger partial charge in [-0.15, -0.1) is 0 Å². The van der Waals surface area contributed by atoms with E-state index in [1.54, 1.807) is 25.3 Å². The van der Waals surface area contributed by atoms with Gasteiger partial charge in [0.2, 0.25) is 10.0 Å². The van der Waals surface area contributed by atoms with Gasteiger partial charge in [-0.05, 0) is 19.1 Å². The maximum Gasteiger partial charge on any atom is 0.258 e. The highest BCUT2D eigenvalue weighted by molar-refractivity contribution is 7.88. The number of piperazine rings is 1. The molecule has 3 aromatic rings. The van der Waals surface area contributed by atoms with Crippen molar-refractivity contribution in [3.8, 4) is 11.5 Å². The van der Waals surface area contributed by atoms with Crippen molar-refractivity contribution in [3.05, 3.63) is 42.2 Å². The van der Waals surface area contributed by atoms with E-state index in [0.29, 0.717) is 43.6 Å². The summed E-state index contributed by atoms with van der Waals surface area (Å²) in [5.41, 5.74) is 1.18. The van der Waals surface area contributed by atoms with E-state index in [-0.39, 0.29) is 5.75 Å². The third-order valence-corrected chi connectivity index (χ3v) is 6.11. The minimum atomic E-state index is -3.43. The lowest BCUT2D eigenvalue weighted by Gasteiger charge is -2.34. The summed E-state index contributed by atoms with van der Waals surface area (Å²) in [4.78, 5) is 10.6. The highest BCUT2D eigenvalue weighted by Gasteiger charge is 2.28. The zero-order valence-electron chi connectivity index (χ0n) is 14.6. The van der Waals surface area contributed by atoms with Gasteiger partial charge in [-0.3, -0.25) is 0 Å². The normalized spacial score (nSPS) is 16.0. The van der Waals surface area contributed by atoms with Crippen LogP contribution in [0.3, 0.4) is 0 Å². The Bertz CT molecular complexity index is 1010. The second kappa shape index (κ2) is 7.08. The Morgan fingerprint density at radius 3 is 2.63 bits per heavy atom. The number of pyridine rings is 1. The molecule has 0 aliphatic carbocycles. The molecule has 4 rings (SSSR count). The smallest absolute Gasteiger partial charge is 0.258 e. The van der Waals surface area contributed by atoms with Gasteiger partial charge in [-0.25, -0.2) is 13.4 Å². The van der Waals surface area contributed by atoms with Gasteiger partial charge < -0.3 is 13.9 Å². The first kappa shape index (κ1) is 17.6. The molecule has 4 heterocycles. The number of hydrogen-bond donors (Lipinski definition) is 0. The third kappa shape index (κ3) is 3.83. The molecule has 0 radical (unpaired) electrons. The van der Waals surface area contributed by atoms with E-state index in [1.807, 2.05) is 11.0 Å². The molecule has 0 bridgehead atoms. The fourth-order valence-electron chi connectivity index (χ4n) is 2.92. The molecule has 142 valence electrons. The summed E-state index contributed by atoms with van der Waals surface area (Å²) >= 11 is 0. The molecule has 1 saturated heterocycles. The van der Waals surface area contributed by atoms with Gasteiger partial charge in [0.1, 0.15) is 17.8 Å². The summed E-state index contributed by atoms with van der Waals surface area (Å²) in [5.74, 6) is 1.59. The molecule has 0 aromatic carbocycles. The first-order valence-electron chi connectivity index (χ1n) is 8.40. The number of aryl methyl sites for hydroxylation is 1. The van der Waals surface area contributed by atoms with Gasteiger partial charge in [0.15, 0.2) is 5.82 Å². The molecule has 0 amide bonds. The number of hydrogen-bond acceptors (Lipinski definition) is 9.